The molecule has 7 heteroatoms. The summed E-state index contributed by atoms with van der Waals surface area (Å²) in [4.78, 5) is 35.9. The molecule has 1 heterocycles. The molecule has 7 nitrogen and oxygen atoms in total. The van der Waals surface area contributed by atoms with E-state index < -0.39 is 11.5 Å². The monoisotopic (exact) mass is 343 g/mol. The molecule has 1 aromatic carbocycles. The molecule has 2 N–H and O–H groups in total. The molecule has 25 heavy (non-hydrogen) atoms. The fourth-order valence-corrected chi connectivity index (χ4v) is 3.69. The quantitative estimate of drug-likeness (QED) is 0.854. The Balaban J connectivity index is 1.86. The van der Waals surface area contributed by atoms with Gasteiger partial charge in [0, 0.05) is 12.4 Å². The lowest BCUT2D eigenvalue weighted by molar-refractivity contribution is -0.139. The van der Waals surface area contributed by atoms with Crippen molar-refractivity contribution in [2.75, 3.05) is 0 Å². The fraction of sp³-hybridized carbons (Fsp3) is 0.444. The van der Waals surface area contributed by atoms with Crippen molar-refractivity contribution in [1.82, 2.24) is 15.1 Å². The summed E-state index contributed by atoms with van der Waals surface area (Å²) in [6, 6.07) is 7.06. The summed E-state index contributed by atoms with van der Waals surface area (Å²) in [7, 11) is 1.55. The van der Waals surface area contributed by atoms with Crippen molar-refractivity contribution in [1.29, 1.82) is 0 Å². The molecule has 1 saturated carbocycles. The zero-order valence-corrected chi connectivity index (χ0v) is 14.1. The van der Waals surface area contributed by atoms with Crippen molar-refractivity contribution < 1.29 is 14.7 Å². The number of aryl methyl sites for hydroxylation is 1. The van der Waals surface area contributed by atoms with Crippen LogP contribution in [0.25, 0.3) is 10.8 Å². The molecule has 2 aromatic rings. The van der Waals surface area contributed by atoms with Crippen LogP contribution in [-0.2, 0) is 23.1 Å². The number of carboxylic acids is 1. The number of carboxylic acid groups (broad SMARTS) is 1. The van der Waals surface area contributed by atoms with Gasteiger partial charge in [0.1, 0.15) is 0 Å². The van der Waals surface area contributed by atoms with Gasteiger partial charge in [-0.2, -0.15) is 5.10 Å². The number of aromatic nitrogens is 2. The van der Waals surface area contributed by atoms with Crippen molar-refractivity contribution in [3.8, 4) is 0 Å². The Kier molecular flexibility index (Phi) is 4.57. The molecule has 1 aliphatic carbocycles. The van der Waals surface area contributed by atoms with Gasteiger partial charge in [-0.1, -0.05) is 31.0 Å². The summed E-state index contributed by atoms with van der Waals surface area (Å²) in [5.41, 5.74) is -0.365. The molecule has 0 radical (unpaired) electrons. The number of benzene rings is 1. The van der Waals surface area contributed by atoms with E-state index in [1.54, 1.807) is 31.3 Å². The van der Waals surface area contributed by atoms with Crippen molar-refractivity contribution in [3.63, 3.8) is 0 Å². The molecule has 1 fully saturated rings. The van der Waals surface area contributed by atoms with Crippen molar-refractivity contribution in [2.45, 2.75) is 44.1 Å². The van der Waals surface area contributed by atoms with E-state index in [9.17, 15) is 14.4 Å². The van der Waals surface area contributed by atoms with Crippen LogP contribution in [0.15, 0.2) is 29.1 Å². The van der Waals surface area contributed by atoms with E-state index in [-0.39, 0.29) is 24.3 Å². The maximum absolute atomic E-state index is 12.6. The van der Waals surface area contributed by atoms with E-state index in [0.29, 0.717) is 29.3 Å². The van der Waals surface area contributed by atoms with Gasteiger partial charge in [0.05, 0.1) is 29.5 Å². The summed E-state index contributed by atoms with van der Waals surface area (Å²) in [6.07, 6.45) is 3.11. The largest absolute Gasteiger partial charge is 0.481 e. The first kappa shape index (κ1) is 17.1. The molecular weight excluding hydrogens is 322 g/mol. The predicted molar refractivity (Wildman–Crippen MR) is 92.3 cm³/mol. The first-order valence-electron chi connectivity index (χ1n) is 8.38. The lowest BCUT2D eigenvalue weighted by Crippen LogP contribution is -2.48. The second-order valence-corrected chi connectivity index (χ2v) is 6.70. The lowest BCUT2D eigenvalue weighted by atomic mass is 9.93. The highest BCUT2D eigenvalue weighted by Gasteiger charge is 2.37. The third-order valence-electron chi connectivity index (χ3n) is 4.82. The lowest BCUT2D eigenvalue weighted by Gasteiger charge is -2.28. The number of rotatable bonds is 5. The number of carbonyl (C=O) groups is 2. The van der Waals surface area contributed by atoms with Crippen molar-refractivity contribution in [2.24, 2.45) is 7.05 Å². The Morgan fingerprint density at radius 2 is 1.88 bits per heavy atom. The third kappa shape index (κ3) is 3.55. The van der Waals surface area contributed by atoms with Crippen LogP contribution in [-0.4, -0.2) is 32.3 Å². The van der Waals surface area contributed by atoms with Crippen LogP contribution in [0.3, 0.4) is 0 Å². The van der Waals surface area contributed by atoms with E-state index >= 15 is 0 Å². The van der Waals surface area contributed by atoms with Crippen LogP contribution in [0.2, 0.25) is 0 Å². The van der Waals surface area contributed by atoms with Crippen LogP contribution in [0, 0.1) is 0 Å². The number of fused-ring (bicyclic) bond motifs is 1. The number of aliphatic carboxylic acids is 1. The van der Waals surface area contributed by atoms with Crippen LogP contribution in [0.4, 0.5) is 0 Å². The van der Waals surface area contributed by atoms with Gasteiger partial charge in [0.2, 0.25) is 5.91 Å². The fourth-order valence-electron chi connectivity index (χ4n) is 3.69. The summed E-state index contributed by atoms with van der Waals surface area (Å²) >= 11 is 0. The maximum atomic E-state index is 12.6. The third-order valence-corrected chi connectivity index (χ3v) is 4.82. The Morgan fingerprint density at radius 1 is 1.24 bits per heavy atom. The maximum Gasteiger partial charge on any atom is 0.305 e. The molecule has 132 valence electrons. The minimum atomic E-state index is -0.909. The van der Waals surface area contributed by atoms with E-state index in [0.717, 1.165) is 12.8 Å². The van der Waals surface area contributed by atoms with Gasteiger partial charge < -0.3 is 10.4 Å². The Labute approximate surface area is 144 Å². The SMILES string of the molecule is Cn1nc(CC(=O)NC2(CC(=O)O)CCCC2)c2ccccc2c1=O. The number of nitrogens with zero attached hydrogens (tertiary/aromatic N) is 2. The van der Waals surface area contributed by atoms with Gasteiger partial charge in [-0.25, -0.2) is 4.68 Å². The second kappa shape index (κ2) is 6.66. The zero-order chi connectivity index (χ0) is 18.0. The van der Waals surface area contributed by atoms with Crippen LogP contribution in [0.5, 0.6) is 0 Å². The summed E-state index contributed by atoms with van der Waals surface area (Å²) < 4.78 is 1.23. The van der Waals surface area contributed by atoms with Gasteiger partial charge in [-0.15, -0.1) is 0 Å². The first-order valence-corrected chi connectivity index (χ1v) is 8.38. The molecular formula is C18H21N3O4. The molecule has 0 atom stereocenters. The molecule has 0 aliphatic heterocycles. The predicted octanol–water partition coefficient (Wildman–Crippen LogP) is 1.38. The van der Waals surface area contributed by atoms with E-state index in [2.05, 4.69) is 10.4 Å². The number of hydrogen-bond acceptors (Lipinski definition) is 4. The van der Waals surface area contributed by atoms with Crippen LogP contribution >= 0.6 is 0 Å². The number of amides is 1. The molecule has 0 saturated heterocycles. The molecule has 1 aliphatic rings. The Bertz CT molecular complexity index is 882. The molecule has 0 spiro atoms. The number of hydrogen-bond donors (Lipinski definition) is 2. The summed E-state index contributed by atoms with van der Waals surface area (Å²) in [5, 5.41) is 17.5. The topological polar surface area (TPSA) is 101 Å². The first-order chi connectivity index (χ1) is 11.9. The zero-order valence-electron chi connectivity index (χ0n) is 14.1. The number of carbonyl (C=O) groups excluding carboxylic acids is 1. The highest BCUT2D eigenvalue weighted by Crippen LogP contribution is 2.32. The standard InChI is InChI=1S/C18H21N3O4/c1-21-17(25)13-7-3-2-6-12(13)14(20-21)10-15(22)19-18(11-16(23)24)8-4-5-9-18/h2-3,6-7H,4-5,8-11H2,1H3,(H,19,22)(H,23,24). The highest BCUT2D eigenvalue weighted by molar-refractivity contribution is 5.88. The minimum Gasteiger partial charge on any atom is -0.481 e. The molecule has 1 aromatic heterocycles. The van der Waals surface area contributed by atoms with Crippen molar-refractivity contribution in [3.05, 3.63) is 40.3 Å². The molecule has 0 bridgehead atoms. The Morgan fingerprint density at radius 3 is 2.52 bits per heavy atom. The van der Waals surface area contributed by atoms with Crippen molar-refractivity contribution >= 4 is 22.6 Å². The van der Waals surface area contributed by atoms with E-state index in [1.165, 1.54) is 4.68 Å². The van der Waals surface area contributed by atoms with Gasteiger partial charge >= 0.3 is 5.97 Å². The van der Waals surface area contributed by atoms with Gasteiger partial charge in [0.15, 0.2) is 0 Å². The minimum absolute atomic E-state index is 0.00992. The highest BCUT2D eigenvalue weighted by atomic mass is 16.4. The normalized spacial score (nSPS) is 16.0. The Hall–Kier alpha value is -2.70. The summed E-state index contributed by atoms with van der Waals surface area (Å²) in [5.74, 6) is -1.17. The molecule has 3 rings (SSSR count). The van der Waals surface area contributed by atoms with E-state index in [4.69, 9.17) is 5.11 Å². The molecule has 0 unspecified atom stereocenters. The van der Waals surface area contributed by atoms with Gasteiger partial charge in [-0.3, -0.25) is 14.4 Å². The van der Waals surface area contributed by atoms with Gasteiger partial charge in [0.25, 0.3) is 5.56 Å². The summed E-state index contributed by atoms with van der Waals surface area (Å²) in [6.45, 7) is 0. The van der Waals surface area contributed by atoms with Gasteiger partial charge in [-0.05, 0) is 18.9 Å². The average molecular weight is 343 g/mol. The average Bonchev–Trinajstić information content (AvgIpc) is 2.99. The molecule has 1 amide bonds. The second-order valence-electron chi connectivity index (χ2n) is 6.70. The van der Waals surface area contributed by atoms with E-state index in [1.807, 2.05) is 0 Å². The smallest absolute Gasteiger partial charge is 0.305 e. The number of nitrogens with one attached hydrogen (secondary N) is 1. The van der Waals surface area contributed by atoms with Crippen LogP contribution in [0.1, 0.15) is 37.8 Å². The van der Waals surface area contributed by atoms with Crippen LogP contribution < -0.4 is 10.9 Å².